The molecule has 0 amide bonds. The molecule has 2 rings (SSSR count). The van der Waals surface area contributed by atoms with E-state index in [1.54, 1.807) is 24.3 Å². The molecular formula is C17H20ClF3N3O3P. The van der Waals surface area contributed by atoms with Gasteiger partial charge in [0.25, 0.3) is 0 Å². The Morgan fingerprint density at radius 1 is 1.11 bits per heavy atom. The number of benzene rings is 1. The van der Waals surface area contributed by atoms with E-state index < -0.39 is 24.5 Å². The highest BCUT2D eigenvalue weighted by Crippen LogP contribution is 2.47. The number of hydrogen-bond donors (Lipinski definition) is 1. The van der Waals surface area contributed by atoms with Gasteiger partial charge in [0.2, 0.25) is 5.95 Å². The first-order valence-electron chi connectivity index (χ1n) is 8.56. The van der Waals surface area contributed by atoms with Crippen LogP contribution in [0.25, 0.3) is 0 Å². The number of aromatic nitrogens is 2. The van der Waals surface area contributed by atoms with Crippen LogP contribution in [0.4, 0.5) is 24.8 Å². The molecule has 28 heavy (non-hydrogen) atoms. The summed E-state index contributed by atoms with van der Waals surface area (Å²) in [5.74, 6) is -0.0987. The molecule has 154 valence electrons. The third-order valence-electron chi connectivity index (χ3n) is 3.42. The molecule has 0 unspecified atom stereocenters. The lowest BCUT2D eigenvalue weighted by atomic mass is 10.3. The van der Waals surface area contributed by atoms with Gasteiger partial charge in [-0.3, -0.25) is 4.57 Å². The van der Waals surface area contributed by atoms with E-state index in [1.807, 2.05) is 13.8 Å². The summed E-state index contributed by atoms with van der Waals surface area (Å²) in [6, 6.07) is 6.25. The molecule has 0 saturated heterocycles. The molecule has 2 aromatic rings. The maximum absolute atomic E-state index is 13.0. The molecule has 0 aliphatic rings. The highest BCUT2D eigenvalue weighted by molar-refractivity contribution is 7.62. The molecule has 0 aliphatic carbocycles. The van der Waals surface area contributed by atoms with Crippen LogP contribution < -0.4 is 10.6 Å². The summed E-state index contributed by atoms with van der Waals surface area (Å²) in [4.78, 5) is 7.23. The van der Waals surface area contributed by atoms with Gasteiger partial charge in [0.05, 0.1) is 18.5 Å². The number of anilines is 2. The van der Waals surface area contributed by atoms with E-state index in [2.05, 4.69) is 15.3 Å². The van der Waals surface area contributed by atoms with Crippen molar-refractivity contribution in [1.82, 2.24) is 9.97 Å². The number of halogens is 4. The normalized spacial score (nSPS) is 12.2. The molecule has 11 heteroatoms. The molecule has 1 aromatic heterocycles. The second kappa shape index (κ2) is 9.69. The van der Waals surface area contributed by atoms with Crippen molar-refractivity contribution in [2.75, 3.05) is 18.5 Å². The van der Waals surface area contributed by atoms with Crippen molar-refractivity contribution >= 4 is 36.1 Å². The quantitative estimate of drug-likeness (QED) is 0.409. The van der Waals surface area contributed by atoms with Crippen molar-refractivity contribution in [3.05, 3.63) is 41.2 Å². The summed E-state index contributed by atoms with van der Waals surface area (Å²) in [5.41, 5.74) is -0.644. The zero-order chi connectivity index (χ0) is 20.8. The van der Waals surface area contributed by atoms with Crippen molar-refractivity contribution in [3.8, 4) is 0 Å². The molecular weight excluding hydrogens is 418 g/mol. The van der Waals surface area contributed by atoms with E-state index in [-0.39, 0.29) is 5.95 Å². The maximum atomic E-state index is 13.0. The predicted molar refractivity (Wildman–Crippen MR) is 101 cm³/mol. The molecule has 1 N–H and O–H groups in total. The Morgan fingerprint density at radius 2 is 1.68 bits per heavy atom. The molecule has 0 fully saturated rings. The number of nitrogens with one attached hydrogen (secondary N) is 1. The van der Waals surface area contributed by atoms with Gasteiger partial charge in [0, 0.05) is 11.9 Å². The van der Waals surface area contributed by atoms with Crippen LogP contribution in [0.5, 0.6) is 0 Å². The smallest absolute Gasteiger partial charge is 0.324 e. The monoisotopic (exact) mass is 437 g/mol. The molecule has 0 aliphatic heterocycles. The van der Waals surface area contributed by atoms with Gasteiger partial charge in [-0.2, -0.15) is 13.2 Å². The third kappa shape index (κ3) is 5.91. The standard InChI is InChI=1S/C17H20ClF3N3O3P/c1-3-9-26-28(25,27-10-4-2)13-7-5-12(6-8-13)23-16-22-11-14(15(18)24-16)17(19,20)21/h5-8,11H,3-4,9-10H2,1-2H3,(H,22,23,24). The van der Waals surface area contributed by atoms with E-state index in [0.29, 0.717) is 43.2 Å². The maximum Gasteiger partial charge on any atom is 0.420 e. The van der Waals surface area contributed by atoms with Gasteiger partial charge in [-0.1, -0.05) is 25.4 Å². The Balaban J connectivity index is 2.17. The first kappa shape index (κ1) is 22.6. The molecule has 1 aromatic carbocycles. The minimum atomic E-state index is -4.63. The van der Waals surface area contributed by atoms with Crippen LogP contribution in [0.2, 0.25) is 5.15 Å². The largest absolute Gasteiger partial charge is 0.420 e. The first-order valence-corrected chi connectivity index (χ1v) is 10.5. The highest BCUT2D eigenvalue weighted by Gasteiger charge is 2.34. The van der Waals surface area contributed by atoms with Crippen molar-refractivity contribution in [3.63, 3.8) is 0 Å². The molecule has 0 bridgehead atoms. The van der Waals surface area contributed by atoms with Crippen LogP contribution in [0.15, 0.2) is 30.5 Å². The number of rotatable bonds is 9. The summed E-state index contributed by atoms with van der Waals surface area (Å²) < 4.78 is 62.0. The van der Waals surface area contributed by atoms with Gasteiger partial charge in [-0.05, 0) is 37.1 Å². The van der Waals surface area contributed by atoms with Gasteiger partial charge in [-0.25, -0.2) is 9.97 Å². The van der Waals surface area contributed by atoms with Crippen LogP contribution in [0.1, 0.15) is 32.3 Å². The lowest BCUT2D eigenvalue weighted by Crippen LogP contribution is -2.12. The van der Waals surface area contributed by atoms with E-state index in [1.165, 1.54) is 0 Å². The lowest BCUT2D eigenvalue weighted by Gasteiger charge is -2.18. The fourth-order valence-corrected chi connectivity index (χ4v) is 4.05. The van der Waals surface area contributed by atoms with Crippen LogP contribution in [0, 0.1) is 0 Å². The second-order valence-electron chi connectivity index (χ2n) is 5.73. The first-order chi connectivity index (χ1) is 13.2. The molecule has 0 atom stereocenters. The van der Waals surface area contributed by atoms with Crippen molar-refractivity contribution < 1.29 is 26.8 Å². The lowest BCUT2D eigenvalue weighted by molar-refractivity contribution is -0.137. The molecule has 6 nitrogen and oxygen atoms in total. The van der Waals surface area contributed by atoms with E-state index in [9.17, 15) is 17.7 Å². The molecule has 0 radical (unpaired) electrons. The van der Waals surface area contributed by atoms with Gasteiger partial charge < -0.3 is 14.4 Å². The van der Waals surface area contributed by atoms with Gasteiger partial charge in [0.1, 0.15) is 10.7 Å². The topological polar surface area (TPSA) is 73.3 Å². The Labute approximate surface area is 166 Å². The zero-order valence-corrected chi connectivity index (χ0v) is 16.9. The SMILES string of the molecule is CCCOP(=O)(OCCC)c1ccc(Nc2ncc(C(F)(F)F)c(Cl)n2)cc1. The number of nitrogens with zero attached hydrogens (tertiary/aromatic N) is 2. The highest BCUT2D eigenvalue weighted by atomic mass is 35.5. The van der Waals surface area contributed by atoms with Crippen LogP contribution >= 0.6 is 19.2 Å². The fraction of sp³-hybridized carbons (Fsp3) is 0.412. The Morgan fingerprint density at radius 3 is 2.14 bits per heavy atom. The zero-order valence-electron chi connectivity index (χ0n) is 15.3. The van der Waals surface area contributed by atoms with Crippen LogP contribution in [-0.2, 0) is 19.8 Å². The van der Waals surface area contributed by atoms with E-state index in [4.69, 9.17) is 20.6 Å². The summed E-state index contributed by atoms with van der Waals surface area (Å²) >= 11 is 5.58. The summed E-state index contributed by atoms with van der Waals surface area (Å²) in [5, 5.41) is 2.42. The van der Waals surface area contributed by atoms with Crippen molar-refractivity contribution in [2.24, 2.45) is 0 Å². The number of hydrogen-bond acceptors (Lipinski definition) is 6. The summed E-state index contributed by atoms with van der Waals surface area (Å²) in [6.45, 7) is 4.37. The van der Waals surface area contributed by atoms with E-state index >= 15 is 0 Å². The Bertz CT molecular complexity index is 823. The fourth-order valence-electron chi connectivity index (χ4n) is 2.08. The van der Waals surface area contributed by atoms with Gasteiger partial charge >= 0.3 is 13.8 Å². The molecule has 0 spiro atoms. The molecule has 1 heterocycles. The Hall–Kier alpha value is -1.67. The predicted octanol–water partition coefficient (Wildman–Crippen LogP) is 5.56. The average Bonchev–Trinajstić information content (AvgIpc) is 2.64. The summed E-state index contributed by atoms with van der Waals surface area (Å²) in [7, 11) is -3.45. The Kier molecular flexibility index (Phi) is 7.83. The second-order valence-corrected chi connectivity index (χ2v) is 8.12. The van der Waals surface area contributed by atoms with E-state index in [0.717, 1.165) is 0 Å². The number of alkyl halides is 3. The van der Waals surface area contributed by atoms with Gasteiger partial charge in [-0.15, -0.1) is 0 Å². The average molecular weight is 438 g/mol. The van der Waals surface area contributed by atoms with Crippen LogP contribution in [-0.4, -0.2) is 23.2 Å². The van der Waals surface area contributed by atoms with Gasteiger partial charge in [0.15, 0.2) is 0 Å². The third-order valence-corrected chi connectivity index (χ3v) is 5.68. The van der Waals surface area contributed by atoms with Crippen molar-refractivity contribution in [2.45, 2.75) is 32.9 Å². The molecule has 0 saturated carbocycles. The minimum absolute atomic E-state index is 0.0987. The van der Waals surface area contributed by atoms with Crippen LogP contribution in [0.3, 0.4) is 0 Å². The summed E-state index contributed by atoms with van der Waals surface area (Å²) in [6.07, 6.45) is -2.65. The van der Waals surface area contributed by atoms with Crippen molar-refractivity contribution in [1.29, 1.82) is 0 Å². The minimum Gasteiger partial charge on any atom is -0.324 e.